The van der Waals surface area contributed by atoms with E-state index in [0.717, 1.165) is 13.0 Å². The van der Waals surface area contributed by atoms with Crippen molar-refractivity contribution in [1.29, 1.82) is 0 Å². The van der Waals surface area contributed by atoms with E-state index in [1.807, 2.05) is 0 Å². The first-order chi connectivity index (χ1) is 5.13. The van der Waals surface area contributed by atoms with Crippen molar-refractivity contribution in [3.63, 3.8) is 0 Å². The zero-order chi connectivity index (χ0) is 8.43. The Balaban J connectivity index is 2.59. The van der Waals surface area contributed by atoms with E-state index in [0.29, 0.717) is 6.42 Å². The molecule has 1 aliphatic heterocycles. The molecule has 0 spiro atoms. The summed E-state index contributed by atoms with van der Waals surface area (Å²) in [6.07, 6.45) is 1.51. The van der Waals surface area contributed by atoms with Gasteiger partial charge in [-0.15, -0.1) is 0 Å². The van der Waals surface area contributed by atoms with E-state index in [9.17, 15) is 9.59 Å². The predicted molar refractivity (Wildman–Crippen MR) is 41.1 cm³/mol. The average molecular weight is 155 g/mol. The number of carbonyl (C=O) groups excluding carboxylic acids is 2. The molecule has 1 unspecified atom stereocenters. The molecule has 0 aliphatic carbocycles. The van der Waals surface area contributed by atoms with E-state index in [1.165, 1.54) is 6.92 Å². The molecule has 0 N–H and O–H groups in total. The molecule has 0 saturated carbocycles. The Morgan fingerprint density at radius 1 is 1.64 bits per heavy atom. The molecule has 1 heterocycles. The highest BCUT2D eigenvalue weighted by Crippen LogP contribution is 2.13. The summed E-state index contributed by atoms with van der Waals surface area (Å²) < 4.78 is 0. The zero-order valence-corrected chi connectivity index (χ0v) is 6.96. The maximum atomic E-state index is 11.1. The Kier molecular flexibility index (Phi) is 2.27. The summed E-state index contributed by atoms with van der Waals surface area (Å²) in [6, 6.07) is -0.218. The van der Waals surface area contributed by atoms with Gasteiger partial charge in [0.25, 0.3) is 0 Å². The average Bonchev–Trinajstić information content (AvgIpc) is 2.33. The summed E-state index contributed by atoms with van der Waals surface area (Å²) in [5.41, 5.74) is 0. The van der Waals surface area contributed by atoms with Gasteiger partial charge >= 0.3 is 0 Å². The molecule has 0 aromatic carbocycles. The molecule has 11 heavy (non-hydrogen) atoms. The van der Waals surface area contributed by atoms with Crippen LogP contribution in [0.4, 0.5) is 0 Å². The minimum atomic E-state index is -0.218. The number of nitrogens with zero attached hydrogens (tertiary/aromatic N) is 1. The van der Waals surface area contributed by atoms with Crippen LogP contribution in [-0.2, 0) is 9.59 Å². The van der Waals surface area contributed by atoms with Gasteiger partial charge in [0.05, 0.1) is 6.04 Å². The van der Waals surface area contributed by atoms with Gasteiger partial charge in [-0.1, -0.05) is 0 Å². The van der Waals surface area contributed by atoms with Crippen LogP contribution in [0.2, 0.25) is 0 Å². The Hall–Kier alpha value is -0.860. The van der Waals surface area contributed by atoms with Crippen molar-refractivity contribution in [3.8, 4) is 0 Å². The normalized spacial score (nSPS) is 20.5. The minimum absolute atomic E-state index is 0.0697. The summed E-state index contributed by atoms with van der Waals surface area (Å²) in [5, 5.41) is 0. The third-order valence-corrected chi connectivity index (χ3v) is 2.17. The first-order valence-electron chi connectivity index (χ1n) is 3.93. The van der Waals surface area contributed by atoms with Crippen LogP contribution in [0.25, 0.3) is 0 Å². The molecule has 1 saturated heterocycles. The molecule has 3 heteroatoms. The van der Waals surface area contributed by atoms with Crippen LogP contribution >= 0.6 is 0 Å². The number of amides is 1. The Morgan fingerprint density at radius 2 is 2.27 bits per heavy atom. The number of Topliss-reactive ketones (excluding diaryl/α,β-unsaturated/α-hetero) is 1. The fourth-order valence-electron chi connectivity index (χ4n) is 1.30. The number of likely N-dealkylation sites (tertiary alicyclic amines) is 1. The highest BCUT2D eigenvalue weighted by atomic mass is 16.2. The van der Waals surface area contributed by atoms with Crippen LogP contribution < -0.4 is 0 Å². The van der Waals surface area contributed by atoms with E-state index in [2.05, 4.69) is 0 Å². The Morgan fingerprint density at radius 3 is 2.64 bits per heavy atom. The summed E-state index contributed by atoms with van der Waals surface area (Å²) in [6.45, 7) is 4.06. The van der Waals surface area contributed by atoms with Crippen molar-refractivity contribution >= 4 is 11.7 Å². The van der Waals surface area contributed by atoms with Gasteiger partial charge in [0.1, 0.15) is 0 Å². The summed E-state index contributed by atoms with van der Waals surface area (Å²) in [7, 11) is 0. The zero-order valence-electron chi connectivity index (χ0n) is 6.96. The fraction of sp³-hybridized carbons (Fsp3) is 0.750. The quantitative estimate of drug-likeness (QED) is 0.585. The van der Waals surface area contributed by atoms with Crippen molar-refractivity contribution in [3.05, 3.63) is 0 Å². The number of rotatable bonds is 2. The van der Waals surface area contributed by atoms with Gasteiger partial charge in [0, 0.05) is 13.0 Å². The van der Waals surface area contributed by atoms with Crippen LogP contribution in [0.1, 0.15) is 26.7 Å². The largest absolute Gasteiger partial charge is 0.333 e. The molecule has 1 fully saturated rings. The summed E-state index contributed by atoms with van der Waals surface area (Å²) in [4.78, 5) is 23.6. The van der Waals surface area contributed by atoms with Crippen molar-refractivity contribution < 1.29 is 9.59 Å². The van der Waals surface area contributed by atoms with E-state index < -0.39 is 0 Å². The van der Waals surface area contributed by atoms with Crippen molar-refractivity contribution in [2.24, 2.45) is 0 Å². The molecule has 0 bridgehead atoms. The van der Waals surface area contributed by atoms with E-state index >= 15 is 0 Å². The highest BCUT2D eigenvalue weighted by molar-refractivity contribution is 5.88. The van der Waals surface area contributed by atoms with Crippen molar-refractivity contribution in [1.82, 2.24) is 4.90 Å². The van der Waals surface area contributed by atoms with Crippen molar-refractivity contribution in [2.75, 3.05) is 6.54 Å². The van der Waals surface area contributed by atoms with Crippen LogP contribution in [0.5, 0.6) is 0 Å². The minimum Gasteiger partial charge on any atom is -0.333 e. The second-order valence-corrected chi connectivity index (χ2v) is 2.98. The predicted octanol–water partition coefficient (Wildman–Crippen LogP) is 0.586. The third kappa shape index (κ3) is 1.59. The first-order valence-corrected chi connectivity index (χ1v) is 3.93. The van der Waals surface area contributed by atoms with Gasteiger partial charge < -0.3 is 4.90 Å². The lowest BCUT2D eigenvalue weighted by atomic mass is 10.2. The monoisotopic (exact) mass is 155 g/mol. The number of carbonyl (C=O) groups is 2. The lowest BCUT2D eigenvalue weighted by Gasteiger charge is -2.21. The lowest BCUT2D eigenvalue weighted by Crippen LogP contribution is -2.38. The first kappa shape index (κ1) is 8.24. The molecule has 3 nitrogen and oxygen atoms in total. The molecule has 0 aromatic heterocycles. The molecule has 0 radical (unpaired) electrons. The van der Waals surface area contributed by atoms with E-state index in [4.69, 9.17) is 0 Å². The van der Waals surface area contributed by atoms with E-state index in [1.54, 1.807) is 11.8 Å². The van der Waals surface area contributed by atoms with Gasteiger partial charge in [-0.3, -0.25) is 9.59 Å². The topological polar surface area (TPSA) is 37.4 Å². The molecule has 1 atom stereocenters. The van der Waals surface area contributed by atoms with Crippen LogP contribution in [-0.4, -0.2) is 29.2 Å². The summed E-state index contributed by atoms with van der Waals surface area (Å²) >= 11 is 0. The van der Waals surface area contributed by atoms with Crippen LogP contribution in [0.15, 0.2) is 0 Å². The maximum absolute atomic E-state index is 11.1. The third-order valence-electron chi connectivity index (χ3n) is 2.17. The highest BCUT2D eigenvalue weighted by Gasteiger charge is 2.26. The van der Waals surface area contributed by atoms with Gasteiger partial charge in [-0.25, -0.2) is 0 Å². The molecule has 1 amide bonds. The van der Waals surface area contributed by atoms with Gasteiger partial charge in [-0.2, -0.15) is 0 Å². The Bertz CT molecular complexity index is 189. The second kappa shape index (κ2) is 3.03. The molecule has 62 valence electrons. The lowest BCUT2D eigenvalue weighted by molar-refractivity contribution is -0.135. The van der Waals surface area contributed by atoms with Crippen molar-refractivity contribution in [2.45, 2.75) is 32.7 Å². The van der Waals surface area contributed by atoms with Crippen LogP contribution in [0, 0.1) is 0 Å². The molecule has 1 aliphatic rings. The van der Waals surface area contributed by atoms with Gasteiger partial charge in [-0.05, 0) is 20.3 Å². The van der Waals surface area contributed by atoms with Gasteiger partial charge in [0.15, 0.2) is 5.78 Å². The fourth-order valence-corrected chi connectivity index (χ4v) is 1.30. The smallest absolute Gasteiger partial charge is 0.223 e. The standard InChI is InChI=1S/C8H13NO2/c1-6(7(2)10)9-5-3-4-8(9)11/h6H,3-5H2,1-2H3. The summed E-state index contributed by atoms with van der Waals surface area (Å²) in [5.74, 6) is 0.188. The Labute approximate surface area is 66.4 Å². The number of hydrogen-bond donors (Lipinski definition) is 0. The number of ketones is 1. The number of hydrogen-bond acceptors (Lipinski definition) is 2. The maximum Gasteiger partial charge on any atom is 0.223 e. The molecule has 1 rings (SSSR count). The second-order valence-electron chi connectivity index (χ2n) is 2.98. The molecular weight excluding hydrogens is 142 g/mol. The molecule has 0 aromatic rings. The molecular formula is C8H13NO2. The van der Waals surface area contributed by atoms with E-state index in [-0.39, 0.29) is 17.7 Å². The van der Waals surface area contributed by atoms with Gasteiger partial charge in [0.2, 0.25) is 5.91 Å². The van der Waals surface area contributed by atoms with Crippen LogP contribution in [0.3, 0.4) is 0 Å². The SMILES string of the molecule is CC(=O)C(C)N1CCCC1=O.